The van der Waals surface area contributed by atoms with Gasteiger partial charge in [-0.1, -0.05) is 0 Å². The largest absolute Gasteiger partial charge is 0.478 e. The van der Waals surface area contributed by atoms with E-state index in [1.54, 1.807) is 12.1 Å². The molecule has 4 heteroatoms. The van der Waals surface area contributed by atoms with Gasteiger partial charge in [0.2, 0.25) is 0 Å². The Morgan fingerprint density at radius 3 is 2.81 bits per heavy atom. The molecule has 4 nitrogen and oxygen atoms in total. The highest BCUT2D eigenvalue weighted by Gasteiger charge is 2.21. The molecule has 1 unspecified atom stereocenters. The minimum absolute atomic E-state index is 0.176. The lowest BCUT2D eigenvalue weighted by molar-refractivity contribution is 0.0698. The number of nitrogens with two attached hydrogens (primary N) is 1. The molecule has 16 heavy (non-hydrogen) atoms. The van der Waals surface area contributed by atoms with E-state index in [2.05, 4.69) is 11.8 Å². The van der Waals surface area contributed by atoms with E-state index in [1.807, 2.05) is 6.07 Å². The van der Waals surface area contributed by atoms with E-state index in [-0.39, 0.29) is 5.56 Å². The summed E-state index contributed by atoms with van der Waals surface area (Å²) in [5.41, 5.74) is 7.26. The van der Waals surface area contributed by atoms with Crippen LogP contribution in [0.3, 0.4) is 0 Å². The third-order valence-corrected chi connectivity index (χ3v) is 3.15. The number of nitrogen functional groups attached to an aromatic ring is 1. The summed E-state index contributed by atoms with van der Waals surface area (Å²) in [4.78, 5) is 13.1. The van der Waals surface area contributed by atoms with Crippen LogP contribution >= 0.6 is 0 Å². The summed E-state index contributed by atoms with van der Waals surface area (Å²) in [5.74, 6) is -0.974. The highest BCUT2D eigenvalue weighted by molar-refractivity contribution is 5.94. The van der Waals surface area contributed by atoms with Crippen molar-refractivity contribution in [1.29, 1.82) is 0 Å². The van der Waals surface area contributed by atoms with Crippen molar-refractivity contribution < 1.29 is 9.90 Å². The lowest BCUT2D eigenvalue weighted by Gasteiger charge is -2.24. The molecule has 0 aromatic heterocycles. The predicted molar refractivity (Wildman–Crippen MR) is 63.9 cm³/mol. The van der Waals surface area contributed by atoms with Crippen LogP contribution in [0.1, 0.15) is 30.1 Å². The molecule has 1 aromatic carbocycles. The molecule has 1 aliphatic heterocycles. The third-order valence-electron chi connectivity index (χ3n) is 3.15. The van der Waals surface area contributed by atoms with Gasteiger partial charge in [0, 0.05) is 24.0 Å². The monoisotopic (exact) mass is 220 g/mol. The minimum atomic E-state index is -0.974. The molecule has 1 atom stereocenters. The standard InChI is InChI=1S/C12H16N2O2/c1-8-3-2-6-14(8)9-4-5-10(12(15)16)11(13)7-9/h4-5,7-8H,2-3,6,13H2,1H3,(H,15,16). The molecule has 0 amide bonds. The number of carbonyl (C=O) groups is 1. The van der Waals surface area contributed by atoms with E-state index < -0.39 is 5.97 Å². The first-order chi connectivity index (χ1) is 7.59. The highest BCUT2D eigenvalue weighted by Crippen LogP contribution is 2.28. The van der Waals surface area contributed by atoms with Crippen LogP contribution in [0.25, 0.3) is 0 Å². The summed E-state index contributed by atoms with van der Waals surface area (Å²) in [6.07, 6.45) is 2.36. The van der Waals surface area contributed by atoms with Crippen molar-refractivity contribution in [3.63, 3.8) is 0 Å². The number of nitrogens with zero attached hydrogens (tertiary/aromatic N) is 1. The fourth-order valence-electron chi connectivity index (χ4n) is 2.24. The molecule has 1 fully saturated rings. The third kappa shape index (κ3) is 1.83. The lowest BCUT2D eigenvalue weighted by atomic mass is 10.1. The summed E-state index contributed by atoms with van der Waals surface area (Å²) in [7, 11) is 0. The Hall–Kier alpha value is -1.71. The fourth-order valence-corrected chi connectivity index (χ4v) is 2.24. The van der Waals surface area contributed by atoms with Crippen LogP contribution in [0.15, 0.2) is 18.2 Å². The summed E-state index contributed by atoms with van der Waals surface area (Å²) in [6, 6.07) is 5.68. The number of aromatic carboxylic acids is 1. The predicted octanol–water partition coefficient (Wildman–Crippen LogP) is 1.96. The molecule has 1 aliphatic rings. The van der Waals surface area contributed by atoms with E-state index in [1.165, 1.54) is 12.8 Å². The Labute approximate surface area is 94.7 Å². The average molecular weight is 220 g/mol. The van der Waals surface area contributed by atoms with Gasteiger partial charge in [0.15, 0.2) is 0 Å². The Bertz CT molecular complexity index is 417. The van der Waals surface area contributed by atoms with E-state index in [9.17, 15) is 4.79 Å². The molecule has 0 bridgehead atoms. The molecular weight excluding hydrogens is 204 g/mol. The van der Waals surface area contributed by atoms with E-state index >= 15 is 0 Å². The second kappa shape index (κ2) is 4.04. The van der Waals surface area contributed by atoms with Gasteiger partial charge in [-0.15, -0.1) is 0 Å². The van der Waals surface area contributed by atoms with Gasteiger partial charge in [-0.3, -0.25) is 0 Å². The molecule has 1 aromatic rings. The second-order valence-electron chi connectivity index (χ2n) is 4.26. The first kappa shape index (κ1) is 10.8. The van der Waals surface area contributed by atoms with E-state index in [0.29, 0.717) is 11.7 Å². The molecule has 2 rings (SSSR count). The molecule has 1 saturated heterocycles. The van der Waals surface area contributed by atoms with Gasteiger partial charge in [0.1, 0.15) is 0 Å². The number of carboxylic acids is 1. The second-order valence-corrected chi connectivity index (χ2v) is 4.26. The first-order valence-electron chi connectivity index (χ1n) is 5.49. The first-order valence-corrected chi connectivity index (χ1v) is 5.49. The Kier molecular flexibility index (Phi) is 2.73. The van der Waals surface area contributed by atoms with Crippen molar-refractivity contribution in [2.24, 2.45) is 0 Å². The van der Waals surface area contributed by atoms with Gasteiger partial charge in [0.25, 0.3) is 0 Å². The highest BCUT2D eigenvalue weighted by atomic mass is 16.4. The molecule has 86 valence electrons. The molecule has 3 N–H and O–H groups in total. The topological polar surface area (TPSA) is 66.6 Å². The Morgan fingerprint density at radius 1 is 1.56 bits per heavy atom. The normalized spacial score (nSPS) is 20.1. The quantitative estimate of drug-likeness (QED) is 0.748. The zero-order valence-corrected chi connectivity index (χ0v) is 9.31. The van der Waals surface area contributed by atoms with Gasteiger partial charge in [-0.05, 0) is 38.0 Å². The van der Waals surface area contributed by atoms with Crippen LogP contribution in [0.4, 0.5) is 11.4 Å². The number of carboxylic acid groups (broad SMARTS) is 1. The zero-order valence-electron chi connectivity index (χ0n) is 9.31. The summed E-state index contributed by atoms with van der Waals surface area (Å²) in [6.45, 7) is 3.20. The zero-order chi connectivity index (χ0) is 11.7. The van der Waals surface area contributed by atoms with Crippen molar-refractivity contribution in [3.8, 4) is 0 Å². The van der Waals surface area contributed by atoms with Crippen molar-refractivity contribution in [2.75, 3.05) is 17.2 Å². The number of anilines is 2. The van der Waals surface area contributed by atoms with Crippen LogP contribution in [-0.2, 0) is 0 Å². The summed E-state index contributed by atoms with van der Waals surface area (Å²) >= 11 is 0. The average Bonchev–Trinajstić information content (AvgIpc) is 2.63. The summed E-state index contributed by atoms with van der Waals surface area (Å²) < 4.78 is 0. The van der Waals surface area contributed by atoms with Crippen LogP contribution < -0.4 is 10.6 Å². The van der Waals surface area contributed by atoms with Crippen LogP contribution in [-0.4, -0.2) is 23.7 Å². The number of benzene rings is 1. The number of hydrogen-bond acceptors (Lipinski definition) is 3. The maximum Gasteiger partial charge on any atom is 0.337 e. The molecular formula is C12H16N2O2. The van der Waals surface area contributed by atoms with E-state index in [4.69, 9.17) is 10.8 Å². The summed E-state index contributed by atoms with van der Waals surface area (Å²) in [5, 5.41) is 8.88. The maximum absolute atomic E-state index is 10.8. The lowest BCUT2D eigenvalue weighted by Crippen LogP contribution is -2.26. The fraction of sp³-hybridized carbons (Fsp3) is 0.417. The molecule has 0 spiro atoms. The van der Waals surface area contributed by atoms with Crippen LogP contribution in [0.2, 0.25) is 0 Å². The van der Waals surface area contributed by atoms with E-state index in [0.717, 1.165) is 12.2 Å². The van der Waals surface area contributed by atoms with Crippen molar-refractivity contribution >= 4 is 17.3 Å². The van der Waals surface area contributed by atoms with Crippen molar-refractivity contribution in [1.82, 2.24) is 0 Å². The van der Waals surface area contributed by atoms with Gasteiger partial charge in [-0.2, -0.15) is 0 Å². The molecule has 0 saturated carbocycles. The van der Waals surface area contributed by atoms with Gasteiger partial charge < -0.3 is 15.7 Å². The molecule has 0 aliphatic carbocycles. The smallest absolute Gasteiger partial charge is 0.337 e. The van der Waals surface area contributed by atoms with Crippen LogP contribution in [0, 0.1) is 0 Å². The number of rotatable bonds is 2. The van der Waals surface area contributed by atoms with Gasteiger partial charge in [0.05, 0.1) is 5.56 Å². The molecule has 0 radical (unpaired) electrons. The van der Waals surface area contributed by atoms with Crippen molar-refractivity contribution in [3.05, 3.63) is 23.8 Å². The van der Waals surface area contributed by atoms with Crippen molar-refractivity contribution in [2.45, 2.75) is 25.8 Å². The minimum Gasteiger partial charge on any atom is -0.478 e. The Balaban J connectivity index is 2.30. The maximum atomic E-state index is 10.8. The number of hydrogen-bond donors (Lipinski definition) is 2. The van der Waals surface area contributed by atoms with Crippen LogP contribution in [0.5, 0.6) is 0 Å². The molecule has 1 heterocycles. The Morgan fingerprint density at radius 2 is 2.31 bits per heavy atom. The van der Waals surface area contributed by atoms with Gasteiger partial charge >= 0.3 is 5.97 Å². The SMILES string of the molecule is CC1CCCN1c1ccc(C(=O)O)c(N)c1. The van der Waals surface area contributed by atoms with Gasteiger partial charge in [-0.25, -0.2) is 4.79 Å².